The van der Waals surface area contributed by atoms with Crippen LogP contribution < -0.4 is 10.6 Å². The van der Waals surface area contributed by atoms with E-state index in [2.05, 4.69) is 25.7 Å². The molecule has 9 nitrogen and oxygen atoms in total. The van der Waals surface area contributed by atoms with Crippen LogP contribution in [0.2, 0.25) is 0 Å². The summed E-state index contributed by atoms with van der Waals surface area (Å²) >= 11 is 0. The molecule has 3 aromatic rings. The molecule has 1 amide bonds. The highest BCUT2D eigenvalue weighted by molar-refractivity contribution is 6.00. The summed E-state index contributed by atoms with van der Waals surface area (Å²) in [5.74, 6) is -0.746. The number of nitrogens with zero attached hydrogens (tertiary/aromatic N) is 5. The van der Waals surface area contributed by atoms with Gasteiger partial charge in [-0.05, 0) is 19.9 Å². The Morgan fingerprint density at radius 2 is 2.00 bits per heavy atom. The molecule has 168 valence electrons. The summed E-state index contributed by atoms with van der Waals surface area (Å²) < 4.78 is 40.9. The first-order valence-electron chi connectivity index (χ1n) is 9.50. The van der Waals surface area contributed by atoms with Crippen molar-refractivity contribution in [3.05, 3.63) is 42.0 Å². The molecular formula is C20H20F3N7O2. The average molecular weight is 447 g/mol. The lowest BCUT2D eigenvalue weighted by Gasteiger charge is -2.22. The molecule has 1 atom stereocenters. The fourth-order valence-electron chi connectivity index (χ4n) is 2.76. The largest absolute Gasteiger partial charge is 0.387 e. The third-order valence-electron chi connectivity index (χ3n) is 4.57. The maximum Gasteiger partial charge on any atom is 0.255 e. The Morgan fingerprint density at radius 1 is 1.25 bits per heavy atom. The fraction of sp³-hybridized carbons (Fsp3) is 0.350. The number of aliphatic hydroxyl groups is 1. The predicted octanol–water partition coefficient (Wildman–Crippen LogP) is 2.18. The van der Waals surface area contributed by atoms with Crippen LogP contribution in [0.3, 0.4) is 0 Å². The van der Waals surface area contributed by atoms with Crippen molar-refractivity contribution in [2.45, 2.75) is 32.0 Å². The molecule has 0 aliphatic rings. The van der Waals surface area contributed by atoms with Gasteiger partial charge in [-0.1, -0.05) is 0 Å². The zero-order chi connectivity index (χ0) is 23.5. The topological polar surface area (TPSA) is 128 Å². The molecule has 0 radical (unpaired) electrons. The summed E-state index contributed by atoms with van der Waals surface area (Å²) in [7, 11) is 0. The van der Waals surface area contributed by atoms with Crippen molar-refractivity contribution in [1.82, 2.24) is 24.9 Å². The van der Waals surface area contributed by atoms with Crippen LogP contribution in [-0.4, -0.2) is 61.9 Å². The summed E-state index contributed by atoms with van der Waals surface area (Å²) in [6.07, 6.45) is 1.02. The maximum atomic E-state index is 14.0. The molecule has 0 saturated heterocycles. The number of nitrogens with one attached hydrogen (secondary N) is 2. The van der Waals surface area contributed by atoms with Gasteiger partial charge in [0, 0.05) is 12.4 Å². The standard InChI is InChI=1S/C20H20F3N7O2/c1-20(2,32)16(21)8-28-19(31)13-6-25-14(3-15(13)26-9-17(22)23)12-7-29-30-10-11(4-24)5-27-18(12)30/h3,5-7,10,16-17,32H,8-9H2,1-2H3,(H,25,26)(H,28,31). The summed E-state index contributed by atoms with van der Waals surface area (Å²) in [6.45, 7) is 1.33. The Labute approximate surface area is 180 Å². The van der Waals surface area contributed by atoms with E-state index in [1.165, 1.54) is 49.2 Å². The van der Waals surface area contributed by atoms with E-state index in [9.17, 15) is 23.1 Å². The molecule has 0 aromatic carbocycles. The summed E-state index contributed by atoms with van der Waals surface area (Å²) in [6, 6.07) is 3.33. The number of amides is 1. The van der Waals surface area contributed by atoms with Crippen LogP contribution in [-0.2, 0) is 0 Å². The molecule has 3 N–H and O–H groups in total. The number of hydrogen-bond acceptors (Lipinski definition) is 7. The van der Waals surface area contributed by atoms with Crippen LogP contribution in [0, 0.1) is 11.3 Å². The van der Waals surface area contributed by atoms with Gasteiger partial charge in [-0.15, -0.1) is 0 Å². The number of halogens is 3. The zero-order valence-electron chi connectivity index (χ0n) is 17.2. The lowest BCUT2D eigenvalue weighted by molar-refractivity contribution is -0.00177. The number of rotatable bonds is 8. The van der Waals surface area contributed by atoms with Crippen LogP contribution in [0.5, 0.6) is 0 Å². The summed E-state index contributed by atoms with van der Waals surface area (Å²) in [5.41, 5.74) is -0.262. The molecule has 0 bridgehead atoms. The average Bonchev–Trinajstić information content (AvgIpc) is 3.17. The van der Waals surface area contributed by atoms with E-state index in [0.717, 1.165) is 0 Å². The van der Waals surface area contributed by atoms with Gasteiger partial charge in [0.05, 0.1) is 59.2 Å². The van der Waals surface area contributed by atoms with E-state index in [0.29, 0.717) is 22.5 Å². The number of fused-ring (bicyclic) bond motifs is 1. The molecule has 12 heteroatoms. The number of anilines is 1. The van der Waals surface area contributed by atoms with E-state index >= 15 is 0 Å². The van der Waals surface area contributed by atoms with E-state index in [1.54, 1.807) is 0 Å². The van der Waals surface area contributed by atoms with Crippen LogP contribution in [0.15, 0.2) is 30.9 Å². The van der Waals surface area contributed by atoms with Crippen molar-refractivity contribution in [2.24, 2.45) is 0 Å². The molecule has 32 heavy (non-hydrogen) atoms. The van der Waals surface area contributed by atoms with Crippen molar-refractivity contribution in [2.75, 3.05) is 18.4 Å². The molecule has 0 aliphatic carbocycles. The molecule has 3 heterocycles. The second kappa shape index (κ2) is 9.19. The van der Waals surface area contributed by atoms with E-state index in [4.69, 9.17) is 5.26 Å². The fourth-order valence-corrected chi connectivity index (χ4v) is 2.76. The van der Waals surface area contributed by atoms with Gasteiger partial charge in [-0.2, -0.15) is 10.4 Å². The number of nitriles is 1. The second-order valence-corrected chi connectivity index (χ2v) is 7.50. The number of alkyl halides is 3. The lowest BCUT2D eigenvalue weighted by Crippen LogP contribution is -2.42. The molecule has 0 fully saturated rings. The van der Waals surface area contributed by atoms with Crippen molar-refractivity contribution >= 4 is 17.2 Å². The number of carbonyl (C=O) groups is 1. The SMILES string of the molecule is CC(C)(O)C(F)CNC(=O)c1cnc(-c2cnn3cc(C#N)cnc23)cc1NCC(F)F. The van der Waals surface area contributed by atoms with Gasteiger partial charge in [-0.25, -0.2) is 22.7 Å². The van der Waals surface area contributed by atoms with Crippen LogP contribution >= 0.6 is 0 Å². The van der Waals surface area contributed by atoms with E-state index < -0.39 is 37.2 Å². The van der Waals surface area contributed by atoms with E-state index in [-0.39, 0.29) is 11.3 Å². The van der Waals surface area contributed by atoms with Crippen molar-refractivity contribution in [1.29, 1.82) is 5.26 Å². The summed E-state index contributed by atoms with van der Waals surface area (Å²) in [5, 5.41) is 27.6. The molecule has 0 saturated carbocycles. The predicted molar refractivity (Wildman–Crippen MR) is 109 cm³/mol. The zero-order valence-corrected chi connectivity index (χ0v) is 17.2. The summed E-state index contributed by atoms with van der Waals surface area (Å²) in [4.78, 5) is 20.9. The minimum Gasteiger partial charge on any atom is -0.387 e. The van der Waals surface area contributed by atoms with Gasteiger partial charge in [0.25, 0.3) is 12.3 Å². The van der Waals surface area contributed by atoms with Crippen molar-refractivity contribution in [3.8, 4) is 17.3 Å². The van der Waals surface area contributed by atoms with Crippen molar-refractivity contribution < 1.29 is 23.1 Å². The Bertz CT molecular complexity index is 1170. The highest BCUT2D eigenvalue weighted by Gasteiger charge is 2.27. The minimum absolute atomic E-state index is 0.0551. The Kier molecular flexibility index (Phi) is 6.59. The molecule has 1 unspecified atom stereocenters. The monoisotopic (exact) mass is 447 g/mol. The van der Waals surface area contributed by atoms with Gasteiger partial charge >= 0.3 is 0 Å². The van der Waals surface area contributed by atoms with Crippen LogP contribution in [0.1, 0.15) is 29.8 Å². The first kappa shape index (κ1) is 23.0. The highest BCUT2D eigenvalue weighted by atomic mass is 19.3. The van der Waals surface area contributed by atoms with Gasteiger partial charge in [0.15, 0.2) is 5.65 Å². The van der Waals surface area contributed by atoms with Gasteiger partial charge in [0.2, 0.25) is 0 Å². The molecule has 3 aromatic heterocycles. The Hall–Kier alpha value is -3.72. The maximum absolute atomic E-state index is 14.0. The normalized spacial score (nSPS) is 12.6. The van der Waals surface area contributed by atoms with Gasteiger partial charge in [0.1, 0.15) is 12.2 Å². The third kappa shape index (κ3) is 5.12. The van der Waals surface area contributed by atoms with Gasteiger partial charge in [-0.3, -0.25) is 9.78 Å². The van der Waals surface area contributed by atoms with Crippen LogP contribution in [0.25, 0.3) is 16.9 Å². The first-order chi connectivity index (χ1) is 15.1. The van der Waals surface area contributed by atoms with E-state index in [1.807, 2.05) is 6.07 Å². The minimum atomic E-state index is -2.68. The molecule has 0 aliphatic heterocycles. The highest BCUT2D eigenvalue weighted by Crippen LogP contribution is 2.26. The quantitative estimate of drug-likeness (QED) is 0.483. The number of pyridine rings is 1. The second-order valence-electron chi connectivity index (χ2n) is 7.50. The van der Waals surface area contributed by atoms with Gasteiger partial charge < -0.3 is 15.7 Å². The lowest BCUT2D eigenvalue weighted by atomic mass is 10.0. The smallest absolute Gasteiger partial charge is 0.255 e. The number of aromatic nitrogens is 4. The third-order valence-corrected chi connectivity index (χ3v) is 4.57. The molecule has 3 rings (SSSR count). The first-order valence-corrected chi connectivity index (χ1v) is 9.50. The number of carbonyl (C=O) groups excluding carboxylic acids is 1. The molecule has 0 spiro atoms. The van der Waals surface area contributed by atoms with Crippen molar-refractivity contribution in [3.63, 3.8) is 0 Å². The Morgan fingerprint density at radius 3 is 2.66 bits per heavy atom. The van der Waals surface area contributed by atoms with Crippen LogP contribution in [0.4, 0.5) is 18.9 Å². The Balaban J connectivity index is 1.93. The molecular weight excluding hydrogens is 427 g/mol. The number of hydrogen-bond donors (Lipinski definition) is 3.